The number of nitrogen functional groups attached to an aromatic ring is 1. The van der Waals surface area contributed by atoms with Crippen molar-refractivity contribution in [3.05, 3.63) is 53.2 Å². The molecule has 22 heavy (non-hydrogen) atoms. The van der Waals surface area contributed by atoms with Gasteiger partial charge in [-0.05, 0) is 29.7 Å². The molecule has 0 saturated heterocycles. The van der Waals surface area contributed by atoms with Crippen molar-refractivity contribution in [1.29, 1.82) is 0 Å². The van der Waals surface area contributed by atoms with Crippen molar-refractivity contribution in [2.45, 2.75) is 24.7 Å². The average molecular weight is 322 g/mol. The van der Waals surface area contributed by atoms with Gasteiger partial charge in [0.15, 0.2) is 0 Å². The van der Waals surface area contributed by atoms with Crippen molar-refractivity contribution in [3.8, 4) is 0 Å². The molecule has 1 heterocycles. The lowest BCUT2D eigenvalue weighted by molar-refractivity contribution is 0.566. The number of nitrogens with two attached hydrogens (primary N) is 2. The molecule has 0 aliphatic rings. The topological polar surface area (TPSA) is 77.3 Å². The SMILES string of the molecule is CC(C)c1cnc(N)c(/C(N)=N/Sc2ccc(F)cc2F)c1. The van der Waals surface area contributed by atoms with Crippen LogP contribution in [0, 0.1) is 11.6 Å². The van der Waals surface area contributed by atoms with Gasteiger partial charge in [0, 0.05) is 24.2 Å². The van der Waals surface area contributed by atoms with Gasteiger partial charge in [-0.3, -0.25) is 0 Å². The van der Waals surface area contributed by atoms with Crippen LogP contribution in [0.15, 0.2) is 39.8 Å². The number of hydrogen-bond acceptors (Lipinski definition) is 4. The van der Waals surface area contributed by atoms with Crippen LogP contribution in [-0.4, -0.2) is 10.8 Å². The van der Waals surface area contributed by atoms with E-state index >= 15 is 0 Å². The van der Waals surface area contributed by atoms with Crippen molar-refractivity contribution in [3.63, 3.8) is 0 Å². The van der Waals surface area contributed by atoms with Crippen LogP contribution in [0.1, 0.15) is 30.9 Å². The largest absolute Gasteiger partial charge is 0.383 e. The van der Waals surface area contributed by atoms with Crippen molar-refractivity contribution in [2.24, 2.45) is 10.1 Å². The Morgan fingerprint density at radius 3 is 2.64 bits per heavy atom. The Labute approximate surface area is 131 Å². The Morgan fingerprint density at radius 2 is 2.00 bits per heavy atom. The molecule has 0 bridgehead atoms. The predicted octanol–water partition coefficient (Wildman–Crippen LogP) is 3.48. The second kappa shape index (κ2) is 6.74. The molecule has 2 rings (SSSR count). The zero-order chi connectivity index (χ0) is 16.3. The van der Waals surface area contributed by atoms with Gasteiger partial charge < -0.3 is 11.5 Å². The van der Waals surface area contributed by atoms with Crippen LogP contribution in [0.4, 0.5) is 14.6 Å². The first kappa shape index (κ1) is 16.2. The number of halogens is 2. The molecule has 0 amide bonds. The highest BCUT2D eigenvalue weighted by Gasteiger charge is 2.10. The fourth-order valence-corrected chi connectivity index (χ4v) is 2.28. The van der Waals surface area contributed by atoms with Gasteiger partial charge in [-0.15, -0.1) is 0 Å². The Kier molecular flexibility index (Phi) is 4.97. The van der Waals surface area contributed by atoms with Gasteiger partial charge >= 0.3 is 0 Å². The summed E-state index contributed by atoms with van der Waals surface area (Å²) in [6.45, 7) is 4.04. The summed E-state index contributed by atoms with van der Waals surface area (Å²) in [5.74, 6) is -0.672. The normalized spacial score (nSPS) is 12.0. The molecule has 0 saturated carbocycles. The lowest BCUT2D eigenvalue weighted by Crippen LogP contribution is -2.16. The van der Waals surface area contributed by atoms with Gasteiger partial charge in [-0.25, -0.2) is 13.8 Å². The Bertz CT molecular complexity index is 717. The van der Waals surface area contributed by atoms with E-state index in [4.69, 9.17) is 11.5 Å². The molecular weight excluding hydrogens is 306 g/mol. The van der Waals surface area contributed by atoms with E-state index in [9.17, 15) is 8.78 Å². The molecule has 1 aromatic heterocycles. The summed E-state index contributed by atoms with van der Waals surface area (Å²) in [6.07, 6.45) is 1.68. The van der Waals surface area contributed by atoms with E-state index in [0.29, 0.717) is 5.56 Å². The minimum Gasteiger partial charge on any atom is -0.383 e. The number of anilines is 1. The molecule has 4 nitrogen and oxygen atoms in total. The van der Waals surface area contributed by atoms with E-state index in [0.717, 1.165) is 29.6 Å². The van der Waals surface area contributed by atoms with E-state index < -0.39 is 11.6 Å². The Hall–Kier alpha value is -2.15. The summed E-state index contributed by atoms with van der Waals surface area (Å²) in [5.41, 5.74) is 13.2. The molecule has 116 valence electrons. The maximum absolute atomic E-state index is 13.5. The minimum absolute atomic E-state index is 0.140. The molecule has 0 spiro atoms. The summed E-state index contributed by atoms with van der Waals surface area (Å²) < 4.78 is 30.4. The van der Waals surface area contributed by atoms with Gasteiger partial charge in [0.1, 0.15) is 23.3 Å². The molecular formula is C15H16F2N4S. The number of nitrogens with zero attached hydrogens (tertiary/aromatic N) is 2. The van der Waals surface area contributed by atoms with E-state index in [2.05, 4.69) is 9.38 Å². The third-order valence-electron chi connectivity index (χ3n) is 3.02. The maximum Gasteiger partial charge on any atom is 0.142 e. The molecule has 7 heteroatoms. The van der Waals surface area contributed by atoms with E-state index in [1.165, 1.54) is 6.07 Å². The standard InChI is InChI=1S/C15H16F2N4S/c1-8(2)9-5-11(14(18)20-7-9)15(19)21-22-13-4-3-10(16)6-12(13)17/h3-8H,1-2H3,(H2,18,20)(H2,19,21). The van der Waals surface area contributed by atoms with Gasteiger partial charge in [0.25, 0.3) is 0 Å². The predicted molar refractivity (Wildman–Crippen MR) is 85.7 cm³/mol. The first-order chi connectivity index (χ1) is 10.4. The second-order valence-corrected chi connectivity index (χ2v) is 5.80. The van der Waals surface area contributed by atoms with Gasteiger partial charge in [-0.1, -0.05) is 13.8 Å². The molecule has 2 aromatic rings. The first-order valence-electron chi connectivity index (χ1n) is 6.59. The zero-order valence-corrected chi connectivity index (χ0v) is 13.0. The van der Waals surface area contributed by atoms with Gasteiger partial charge in [0.2, 0.25) is 0 Å². The summed E-state index contributed by atoms with van der Waals surface area (Å²) in [5, 5.41) is 0. The molecule has 0 unspecified atom stereocenters. The molecule has 4 N–H and O–H groups in total. The van der Waals surface area contributed by atoms with Crippen molar-refractivity contribution < 1.29 is 8.78 Å². The smallest absolute Gasteiger partial charge is 0.142 e. The average Bonchev–Trinajstić information content (AvgIpc) is 2.46. The minimum atomic E-state index is -0.691. The molecule has 0 radical (unpaired) electrons. The quantitative estimate of drug-likeness (QED) is 0.513. The molecule has 0 aliphatic heterocycles. The third-order valence-corrected chi connectivity index (χ3v) is 3.83. The van der Waals surface area contributed by atoms with Crippen LogP contribution in [0.2, 0.25) is 0 Å². The van der Waals surface area contributed by atoms with Crippen LogP contribution in [0.5, 0.6) is 0 Å². The fraction of sp³-hybridized carbons (Fsp3) is 0.200. The van der Waals surface area contributed by atoms with Crippen molar-refractivity contribution in [2.75, 3.05) is 5.73 Å². The second-order valence-electron chi connectivity index (χ2n) is 5.00. The van der Waals surface area contributed by atoms with E-state index in [1.54, 1.807) is 6.20 Å². The number of hydrogen-bond donors (Lipinski definition) is 2. The van der Waals surface area contributed by atoms with E-state index in [-0.39, 0.29) is 22.5 Å². The summed E-state index contributed by atoms with van der Waals surface area (Å²) in [7, 11) is 0. The van der Waals surface area contributed by atoms with Crippen molar-refractivity contribution >= 4 is 23.6 Å². The Morgan fingerprint density at radius 1 is 1.27 bits per heavy atom. The highest BCUT2D eigenvalue weighted by atomic mass is 32.2. The fourth-order valence-electron chi connectivity index (χ4n) is 1.71. The number of amidine groups is 1. The first-order valence-corrected chi connectivity index (χ1v) is 7.37. The molecule has 0 aliphatic carbocycles. The van der Waals surface area contributed by atoms with Crippen molar-refractivity contribution in [1.82, 2.24) is 4.98 Å². The lowest BCUT2D eigenvalue weighted by Gasteiger charge is -2.09. The number of rotatable bonds is 4. The van der Waals surface area contributed by atoms with Crippen LogP contribution < -0.4 is 11.5 Å². The van der Waals surface area contributed by atoms with Crippen LogP contribution in [-0.2, 0) is 0 Å². The summed E-state index contributed by atoms with van der Waals surface area (Å²) in [6, 6.07) is 5.07. The van der Waals surface area contributed by atoms with Crippen LogP contribution in [0.3, 0.4) is 0 Å². The molecule has 0 fully saturated rings. The zero-order valence-electron chi connectivity index (χ0n) is 12.2. The van der Waals surface area contributed by atoms with Crippen LogP contribution >= 0.6 is 11.9 Å². The lowest BCUT2D eigenvalue weighted by atomic mass is 10.0. The number of benzene rings is 1. The highest BCUT2D eigenvalue weighted by molar-refractivity contribution is 7.98. The summed E-state index contributed by atoms with van der Waals surface area (Å²) in [4.78, 5) is 4.27. The molecule has 0 atom stereocenters. The number of pyridine rings is 1. The van der Waals surface area contributed by atoms with Gasteiger partial charge in [-0.2, -0.15) is 4.40 Å². The summed E-state index contributed by atoms with van der Waals surface area (Å²) >= 11 is 0.820. The highest BCUT2D eigenvalue weighted by Crippen LogP contribution is 2.25. The third kappa shape index (κ3) is 3.73. The Balaban J connectivity index is 2.27. The maximum atomic E-state index is 13.5. The van der Waals surface area contributed by atoms with Gasteiger partial charge in [0.05, 0.1) is 10.5 Å². The monoisotopic (exact) mass is 322 g/mol. The number of aromatic nitrogens is 1. The molecule has 1 aromatic carbocycles. The van der Waals surface area contributed by atoms with Crippen LogP contribution in [0.25, 0.3) is 0 Å². The van der Waals surface area contributed by atoms with E-state index in [1.807, 2.05) is 19.9 Å².